The van der Waals surface area contributed by atoms with E-state index in [1.54, 1.807) is 0 Å². The highest BCUT2D eigenvalue weighted by atomic mass is 19.3. The minimum Gasteiger partial charge on any atom is -0.381 e. The van der Waals surface area contributed by atoms with E-state index in [1.807, 2.05) is 0 Å². The molecule has 0 aliphatic heterocycles. The Kier molecular flexibility index (Phi) is 2.10. The monoisotopic (exact) mass is 204 g/mol. The van der Waals surface area contributed by atoms with E-state index in [9.17, 15) is 8.78 Å². The lowest BCUT2D eigenvalue weighted by Crippen LogP contribution is -2.12. The van der Waals surface area contributed by atoms with Crippen molar-refractivity contribution >= 4 is 5.82 Å². The molecule has 0 aromatic carbocycles. The summed E-state index contributed by atoms with van der Waals surface area (Å²) >= 11 is 0. The second-order valence-corrected chi connectivity index (χ2v) is 3.19. The van der Waals surface area contributed by atoms with Gasteiger partial charge in [-0.25, -0.2) is 8.78 Å². The Labute approximate surface area is 78.8 Å². The van der Waals surface area contributed by atoms with Gasteiger partial charge in [-0.05, 0) is 0 Å². The standard InChI is InChI=1S/C7H10F2N4O/c8-7(9)3-5(7)14-2-1-13-11-4-6(10)12-13/h4-5H,1-3H2,(H2,10,12). The van der Waals surface area contributed by atoms with Gasteiger partial charge >= 0.3 is 0 Å². The number of nitrogens with zero attached hydrogens (tertiary/aromatic N) is 3. The van der Waals surface area contributed by atoms with Crippen LogP contribution in [-0.2, 0) is 11.3 Å². The highest BCUT2D eigenvalue weighted by molar-refractivity contribution is 5.19. The van der Waals surface area contributed by atoms with Crippen LogP contribution in [0.5, 0.6) is 0 Å². The van der Waals surface area contributed by atoms with Gasteiger partial charge in [0.1, 0.15) is 6.10 Å². The molecule has 7 heteroatoms. The van der Waals surface area contributed by atoms with Gasteiger partial charge in [-0.2, -0.15) is 9.90 Å². The lowest BCUT2D eigenvalue weighted by Gasteiger charge is -2.01. The van der Waals surface area contributed by atoms with Crippen LogP contribution < -0.4 is 5.73 Å². The molecule has 5 nitrogen and oxygen atoms in total. The van der Waals surface area contributed by atoms with E-state index in [0.29, 0.717) is 12.4 Å². The van der Waals surface area contributed by atoms with Gasteiger partial charge in [-0.15, -0.1) is 5.10 Å². The summed E-state index contributed by atoms with van der Waals surface area (Å²) in [6.45, 7) is 0.512. The Balaban J connectivity index is 1.69. The molecule has 1 heterocycles. The Bertz CT molecular complexity index is 327. The topological polar surface area (TPSA) is 66.0 Å². The third-order valence-corrected chi connectivity index (χ3v) is 1.93. The number of hydrogen-bond donors (Lipinski definition) is 1. The molecule has 2 N–H and O–H groups in total. The summed E-state index contributed by atoms with van der Waals surface area (Å²) in [5.41, 5.74) is 5.31. The van der Waals surface area contributed by atoms with Gasteiger partial charge in [0, 0.05) is 6.42 Å². The molecule has 1 fully saturated rings. The van der Waals surface area contributed by atoms with E-state index in [1.165, 1.54) is 11.0 Å². The first-order valence-corrected chi connectivity index (χ1v) is 4.23. The zero-order valence-electron chi connectivity index (χ0n) is 7.36. The molecular formula is C7H10F2N4O. The molecule has 1 unspecified atom stereocenters. The Morgan fingerprint density at radius 2 is 2.43 bits per heavy atom. The third-order valence-electron chi connectivity index (χ3n) is 1.93. The van der Waals surface area contributed by atoms with Crippen LogP contribution in [0.2, 0.25) is 0 Å². The first-order valence-electron chi connectivity index (χ1n) is 4.23. The van der Waals surface area contributed by atoms with Gasteiger partial charge in [0.2, 0.25) is 0 Å². The van der Waals surface area contributed by atoms with Gasteiger partial charge < -0.3 is 10.5 Å². The number of ether oxygens (including phenoxy) is 1. The van der Waals surface area contributed by atoms with Gasteiger partial charge in [0.05, 0.1) is 19.3 Å². The normalized spacial score (nSPS) is 23.7. The highest BCUT2D eigenvalue weighted by Crippen LogP contribution is 2.44. The minimum absolute atomic E-state index is 0.175. The van der Waals surface area contributed by atoms with Gasteiger partial charge in [-0.1, -0.05) is 0 Å². The van der Waals surface area contributed by atoms with Gasteiger partial charge in [0.15, 0.2) is 5.82 Å². The maximum atomic E-state index is 12.3. The Morgan fingerprint density at radius 3 is 2.93 bits per heavy atom. The van der Waals surface area contributed by atoms with Crippen molar-refractivity contribution in [2.45, 2.75) is 25.0 Å². The second kappa shape index (κ2) is 3.16. The number of nitrogen functional groups attached to an aromatic ring is 1. The number of alkyl halides is 2. The summed E-state index contributed by atoms with van der Waals surface area (Å²) in [5.74, 6) is -2.32. The number of nitrogens with two attached hydrogens (primary N) is 1. The molecule has 1 aromatic heterocycles. The molecule has 14 heavy (non-hydrogen) atoms. The van der Waals surface area contributed by atoms with Crippen LogP contribution in [0.15, 0.2) is 6.20 Å². The van der Waals surface area contributed by atoms with Crippen LogP contribution in [-0.4, -0.2) is 33.6 Å². The van der Waals surface area contributed by atoms with Crippen LogP contribution in [0, 0.1) is 0 Å². The quantitative estimate of drug-likeness (QED) is 0.765. The molecule has 78 valence electrons. The van der Waals surface area contributed by atoms with E-state index in [4.69, 9.17) is 10.5 Å². The van der Waals surface area contributed by atoms with Gasteiger partial charge in [0.25, 0.3) is 5.92 Å². The van der Waals surface area contributed by atoms with Crippen LogP contribution >= 0.6 is 0 Å². The van der Waals surface area contributed by atoms with E-state index >= 15 is 0 Å². The average molecular weight is 204 g/mol. The molecule has 1 aliphatic rings. The minimum atomic E-state index is -2.63. The first-order chi connectivity index (χ1) is 6.58. The summed E-state index contributed by atoms with van der Waals surface area (Å²) in [7, 11) is 0. The van der Waals surface area contributed by atoms with Crippen molar-refractivity contribution in [1.29, 1.82) is 0 Å². The molecule has 1 atom stereocenters. The van der Waals surface area contributed by atoms with E-state index in [2.05, 4.69) is 10.2 Å². The number of anilines is 1. The molecule has 1 aromatic rings. The molecule has 2 rings (SSSR count). The van der Waals surface area contributed by atoms with E-state index in [0.717, 1.165) is 0 Å². The number of halogens is 2. The highest BCUT2D eigenvalue weighted by Gasteiger charge is 2.58. The van der Waals surface area contributed by atoms with Crippen LogP contribution in [0.3, 0.4) is 0 Å². The van der Waals surface area contributed by atoms with E-state index in [-0.39, 0.29) is 13.0 Å². The molecular weight excluding hydrogens is 194 g/mol. The van der Waals surface area contributed by atoms with E-state index < -0.39 is 12.0 Å². The van der Waals surface area contributed by atoms with Crippen molar-refractivity contribution in [3.8, 4) is 0 Å². The van der Waals surface area contributed by atoms with Crippen molar-refractivity contribution in [1.82, 2.24) is 15.0 Å². The smallest absolute Gasteiger partial charge is 0.276 e. The summed E-state index contributed by atoms with van der Waals surface area (Å²) in [6.07, 6.45) is 0.295. The van der Waals surface area contributed by atoms with Gasteiger partial charge in [-0.3, -0.25) is 0 Å². The summed E-state index contributed by atoms with van der Waals surface area (Å²) in [4.78, 5) is 1.32. The molecule has 1 saturated carbocycles. The Morgan fingerprint density at radius 1 is 1.71 bits per heavy atom. The zero-order valence-corrected chi connectivity index (χ0v) is 7.36. The summed E-state index contributed by atoms with van der Waals surface area (Å²) < 4.78 is 29.6. The number of rotatable bonds is 4. The predicted molar refractivity (Wildman–Crippen MR) is 43.7 cm³/mol. The van der Waals surface area contributed by atoms with Crippen molar-refractivity contribution in [2.24, 2.45) is 0 Å². The molecule has 0 bridgehead atoms. The predicted octanol–water partition coefficient (Wildman–Crippen LogP) is 0.284. The molecule has 0 spiro atoms. The number of aromatic nitrogens is 3. The SMILES string of the molecule is Nc1cnn(CCOC2CC2(F)F)n1. The molecule has 0 saturated heterocycles. The van der Waals surface area contributed by atoms with Crippen molar-refractivity contribution in [3.63, 3.8) is 0 Å². The summed E-state index contributed by atoms with van der Waals surface area (Å²) in [6, 6.07) is 0. The fraction of sp³-hybridized carbons (Fsp3) is 0.714. The van der Waals surface area contributed by atoms with Crippen LogP contribution in [0.25, 0.3) is 0 Å². The number of hydrogen-bond acceptors (Lipinski definition) is 4. The largest absolute Gasteiger partial charge is 0.381 e. The van der Waals surface area contributed by atoms with Crippen molar-refractivity contribution in [3.05, 3.63) is 6.20 Å². The van der Waals surface area contributed by atoms with Crippen molar-refractivity contribution in [2.75, 3.05) is 12.3 Å². The lowest BCUT2D eigenvalue weighted by molar-refractivity contribution is 0.00914. The van der Waals surface area contributed by atoms with Crippen LogP contribution in [0.4, 0.5) is 14.6 Å². The molecule has 1 aliphatic carbocycles. The maximum absolute atomic E-state index is 12.3. The van der Waals surface area contributed by atoms with Crippen LogP contribution in [0.1, 0.15) is 6.42 Å². The fourth-order valence-electron chi connectivity index (χ4n) is 1.06. The second-order valence-electron chi connectivity index (χ2n) is 3.19. The first kappa shape index (κ1) is 9.32. The fourth-order valence-corrected chi connectivity index (χ4v) is 1.06. The average Bonchev–Trinajstić information content (AvgIpc) is 2.53. The zero-order chi connectivity index (χ0) is 10.2. The Hall–Kier alpha value is -1.24. The maximum Gasteiger partial charge on any atom is 0.276 e. The molecule has 0 amide bonds. The lowest BCUT2D eigenvalue weighted by atomic mass is 10.7. The van der Waals surface area contributed by atoms with Crippen molar-refractivity contribution < 1.29 is 13.5 Å². The summed E-state index contributed by atoms with van der Waals surface area (Å²) in [5, 5.41) is 7.56. The third kappa shape index (κ3) is 1.98. The molecule has 0 radical (unpaired) electrons.